The molecule has 1 aromatic rings. The summed E-state index contributed by atoms with van der Waals surface area (Å²) in [5.41, 5.74) is -2.21. The van der Waals surface area contributed by atoms with Crippen LogP contribution in [0.3, 0.4) is 0 Å². The van der Waals surface area contributed by atoms with Gasteiger partial charge in [-0.3, -0.25) is 4.79 Å². The van der Waals surface area contributed by atoms with Gasteiger partial charge in [-0.2, -0.15) is 0 Å². The molecule has 0 aliphatic rings. The fraction of sp³-hybridized carbons (Fsp3) is 0.526. The topological polar surface area (TPSA) is 114 Å². The highest BCUT2D eigenvalue weighted by atomic mass is 19.1. The molecule has 0 aromatic heterocycles. The number of carboxylic acid groups (broad SMARTS) is 1. The van der Waals surface area contributed by atoms with Gasteiger partial charge in [0.15, 0.2) is 6.04 Å². The molecule has 1 aromatic carbocycles. The Kier molecular flexibility index (Phi) is 8.07. The van der Waals surface area contributed by atoms with Gasteiger partial charge in [-0.05, 0) is 40.7 Å². The van der Waals surface area contributed by atoms with Gasteiger partial charge < -0.3 is 25.2 Å². The van der Waals surface area contributed by atoms with Crippen molar-refractivity contribution in [1.82, 2.24) is 10.6 Å². The number of amides is 2. The van der Waals surface area contributed by atoms with Crippen molar-refractivity contribution in [3.63, 3.8) is 0 Å². The minimum Gasteiger partial charge on any atom is -0.480 e. The number of hydrogen-bond donors (Lipinski definition) is 3. The van der Waals surface area contributed by atoms with Crippen LogP contribution in [0, 0.1) is 11.6 Å². The minimum absolute atomic E-state index is 0.0359. The molecule has 8 nitrogen and oxygen atoms in total. The Balaban J connectivity index is 2.66. The molecule has 0 bridgehead atoms. The van der Waals surface area contributed by atoms with Crippen molar-refractivity contribution in [2.45, 2.75) is 58.4 Å². The average molecular weight is 416 g/mol. The van der Waals surface area contributed by atoms with Crippen LogP contribution in [0.2, 0.25) is 0 Å². The molecule has 3 N–H and O–H groups in total. The number of halogens is 2. The predicted octanol–water partition coefficient (Wildman–Crippen LogP) is 2.35. The number of nitrogens with one attached hydrogen (secondary N) is 2. The lowest BCUT2D eigenvalue weighted by Crippen LogP contribution is -2.59. The van der Waals surface area contributed by atoms with Crippen molar-refractivity contribution in [1.29, 1.82) is 0 Å². The molecule has 0 saturated carbocycles. The molecule has 0 radical (unpaired) electrons. The van der Waals surface area contributed by atoms with E-state index in [0.717, 1.165) is 6.07 Å². The zero-order valence-electron chi connectivity index (χ0n) is 17.0. The maximum atomic E-state index is 13.6. The van der Waals surface area contributed by atoms with Gasteiger partial charge in [0, 0.05) is 11.6 Å². The van der Waals surface area contributed by atoms with E-state index in [1.165, 1.54) is 19.9 Å². The normalized spacial score (nSPS) is 12.8. The Morgan fingerprint density at radius 2 is 1.76 bits per heavy atom. The average Bonchev–Trinajstić information content (AvgIpc) is 2.52. The maximum absolute atomic E-state index is 13.6. The number of carboxylic acids is 1. The van der Waals surface area contributed by atoms with Gasteiger partial charge in [0.05, 0.1) is 13.2 Å². The van der Waals surface area contributed by atoms with E-state index in [-0.39, 0.29) is 12.2 Å². The highest BCUT2D eigenvalue weighted by Gasteiger charge is 2.34. The summed E-state index contributed by atoms with van der Waals surface area (Å²) in [7, 11) is 0. The molecule has 0 fully saturated rings. The first-order valence-corrected chi connectivity index (χ1v) is 8.78. The van der Waals surface area contributed by atoms with Gasteiger partial charge >= 0.3 is 12.1 Å². The van der Waals surface area contributed by atoms with Gasteiger partial charge in [-0.25, -0.2) is 18.4 Å². The molecule has 2 amide bonds. The Morgan fingerprint density at radius 1 is 1.14 bits per heavy atom. The van der Waals surface area contributed by atoms with Crippen LogP contribution >= 0.6 is 0 Å². The van der Waals surface area contributed by atoms with Crippen molar-refractivity contribution in [2.24, 2.45) is 0 Å². The molecular formula is C19H26F2N2O6. The lowest BCUT2D eigenvalue weighted by molar-refractivity contribution is -0.144. The van der Waals surface area contributed by atoms with Crippen LogP contribution in [0.5, 0.6) is 0 Å². The third-order valence-electron chi connectivity index (χ3n) is 3.54. The Hall–Kier alpha value is -2.75. The van der Waals surface area contributed by atoms with Crippen molar-refractivity contribution in [3.8, 4) is 0 Å². The standard InChI is InChI=1S/C19H26F2N2O6/c1-18(2,3)29-17(27)23-19(4,5)16(26)22-14(15(24)25)10-28-9-11-6-7-12(20)8-13(11)21/h6-8,14H,9-10H2,1-5H3,(H,22,26)(H,23,27)(H,24,25)/t14-/m1/s1. The number of ether oxygens (including phenoxy) is 2. The number of alkyl carbamates (subject to hydrolysis) is 1. The molecule has 162 valence electrons. The van der Waals surface area contributed by atoms with Crippen LogP contribution in [0.4, 0.5) is 13.6 Å². The fourth-order valence-electron chi connectivity index (χ4n) is 2.05. The first-order valence-electron chi connectivity index (χ1n) is 8.78. The van der Waals surface area contributed by atoms with Crippen molar-refractivity contribution in [3.05, 3.63) is 35.4 Å². The molecule has 0 unspecified atom stereocenters. The molecule has 29 heavy (non-hydrogen) atoms. The van der Waals surface area contributed by atoms with Crippen LogP contribution in [0.15, 0.2) is 18.2 Å². The van der Waals surface area contributed by atoms with Crippen LogP contribution in [-0.2, 0) is 25.7 Å². The molecule has 0 saturated heterocycles. The Bertz CT molecular complexity index is 762. The van der Waals surface area contributed by atoms with E-state index in [1.54, 1.807) is 20.8 Å². The number of carbonyl (C=O) groups is 3. The molecular weight excluding hydrogens is 390 g/mol. The Morgan fingerprint density at radius 3 is 2.28 bits per heavy atom. The first kappa shape index (κ1) is 24.3. The van der Waals surface area contributed by atoms with E-state index in [1.807, 2.05) is 0 Å². The molecule has 1 atom stereocenters. The first-order chi connectivity index (χ1) is 13.2. The highest BCUT2D eigenvalue weighted by Crippen LogP contribution is 2.12. The van der Waals surface area contributed by atoms with Crippen molar-refractivity contribution < 1.29 is 37.7 Å². The minimum atomic E-state index is -1.47. The van der Waals surface area contributed by atoms with E-state index in [0.29, 0.717) is 6.07 Å². The molecule has 0 aliphatic carbocycles. The molecule has 10 heteroatoms. The van der Waals surface area contributed by atoms with Crippen LogP contribution < -0.4 is 10.6 Å². The third kappa shape index (κ3) is 8.43. The summed E-state index contributed by atoms with van der Waals surface area (Å²) < 4.78 is 36.7. The maximum Gasteiger partial charge on any atom is 0.408 e. The number of carbonyl (C=O) groups excluding carboxylic acids is 2. The second kappa shape index (κ2) is 9.64. The molecule has 0 heterocycles. The zero-order valence-corrected chi connectivity index (χ0v) is 17.0. The predicted molar refractivity (Wildman–Crippen MR) is 99.0 cm³/mol. The molecule has 0 aliphatic heterocycles. The van der Waals surface area contributed by atoms with Crippen molar-refractivity contribution >= 4 is 18.0 Å². The SMILES string of the molecule is CC(C)(C)OC(=O)NC(C)(C)C(=O)N[C@H](COCc1ccc(F)cc1F)C(=O)O. The number of rotatable bonds is 8. The van der Waals surface area contributed by atoms with E-state index in [2.05, 4.69) is 10.6 Å². The number of aliphatic carboxylic acids is 1. The summed E-state index contributed by atoms with van der Waals surface area (Å²) >= 11 is 0. The Labute approximate surface area is 167 Å². The number of hydrogen-bond acceptors (Lipinski definition) is 5. The van der Waals surface area contributed by atoms with E-state index >= 15 is 0 Å². The van der Waals surface area contributed by atoms with Gasteiger partial charge in [0.1, 0.15) is 22.8 Å². The summed E-state index contributed by atoms with van der Waals surface area (Å²) in [4.78, 5) is 35.7. The second-order valence-corrected chi connectivity index (χ2v) is 7.87. The van der Waals surface area contributed by atoms with Crippen molar-refractivity contribution in [2.75, 3.05) is 6.61 Å². The van der Waals surface area contributed by atoms with E-state index in [4.69, 9.17) is 9.47 Å². The monoisotopic (exact) mass is 416 g/mol. The number of benzene rings is 1. The van der Waals surface area contributed by atoms with Gasteiger partial charge in [-0.1, -0.05) is 6.07 Å². The summed E-state index contributed by atoms with van der Waals surface area (Å²) in [5, 5.41) is 13.9. The van der Waals surface area contributed by atoms with Crippen LogP contribution in [0.1, 0.15) is 40.2 Å². The lowest BCUT2D eigenvalue weighted by Gasteiger charge is -2.28. The summed E-state index contributed by atoms with van der Waals surface area (Å²) in [6, 6.07) is 1.45. The van der Waals surface area contributed by atoms with E-state index in [9.17, 15) is 28.3 Å². The lowest BCUT2D eigenvalue weighted by atomic mass is 10.0. The quantitative estimate of drug-likeness (QED) is 0.600. The second-order valence-electron chi connectivity index (χ2n) is 7.87. The van der Waals surface area contributed by atoms with Gasteiger partial charge in [-0.15, -0.1) is 0 Å². The van der Waals surface area contributed by atoms with Gasteiger partial charge in [0.25, 0.3) is 0 Å². The zero-order chi connectivity index (χ0) is 22.4. The van der Waals surface area contributed by atoms with Crippen LogP contribution in [-0.4, -0.2) is 46.9 Å². The fourth-order valence-corrected chi connectivity index (χ4v) is 2.05. The van der Waals surface area contributed by atoms with E-state index < -0.39 is 53.4 Å². The smallest absolute Gasteiger partial charge is 0.408 e. The van der Waals surface area contributed by atoms with Crippen LogP contribution in [0.25, 0.3) is 0 Å². The largest absolute Gasteiger partial charge is 0.480 e. The third-order valence-corrected chi connectivity index (χ3v) is 3.54. The molecule has 0 spiro atoms. The summed E-state index contributed by atoms with van der Waals surface area (Å²) in [5.74, 6) is -3.75. The van der Waals surface area contributed by atoms with Gasteiger partial charge in [0.2, 0.25) is 5.91 Å². The highest BCUT2D eigenvalue weighted by molar-refractivity contribution is 5.92. The summed E-state index contributed by atoms with van der Waals surface area (Å²) in [6.45, 7) is 6.93. The summed E-state index contributed by atoms with van der Waals surface area (Å²) in [6.07, 6.45) is -0.840. The molecule has 1 rings (SSSR count).